The van der Waals surface area contributed by atoms with Crippen molar-refractivity contribution in [3.05, 3.63) is 66.0 Å². The zero-order chi connectivity index (χ0) is 18.6. The first-order valence-corrected chi connectivity index (χ1v) is 9.88. The smallest absolute Gasteiger partial charge is 0.0958 e. The Morgan fingerprint density at radius 3 is 2.67 bits per heavy atom. The summed E-state index contributed by atoms with van der Waals surface area (Å²) in [4.78, 5) is 7.07. The van der Waals surface area contributed by atoms with Gasteiger partial charge in [0.25, 0.3) is 0 Å². The molecule has 27 heavy (non-hydrogen) atoms. The van der Waals surface area contributed by atoms with E-state index in [4.69, 9.17) is 5.73 Å². The molecule has 0 fully saturated rings. The van der Waals surface area contributed by atoms with E-state index in [2.05, 4.69) is 57.8 Å². The lowest BCUT2D eigenvalue weighted by atomic mass is 9.99. The van der Waals surface area contributed by atoms with E-state index in [1.165, 1.54) is 35.1 Å². The second-order valence-corrected chi connectivity index (χ2v) is 7.50. The van der Waals surface area contributed by atoms with Crippen LogP contribution in [0, 0.1) is 6.92 Å². The summed E-state index contributed by atoms with van der Waals surface area (Å²) in [5.74, 6) is 0. The molecule has 3 aromatic rings. The Hall–Kier alpha value is -2.59. The number of anilines is 1. The summed E-state index contributed by atoms with van der Waals surface area (Å²) in [6, 6.07) is 14.8. The number of nitrogens with two attached hydrogens (primary N) is 1. The molecule has 0 saturated carbocycles. The van der Waals surface area contributed by atoms with Crippen LogP contribution in [-0.2, 0) is 6.54 Å². The molecule has 0 radical (unpaired) electrons. The van der Waals surface area contributed by atoms with Gasteiger partial charge >= 0.3 is 0 Å². The van der Waals surface area contributed by atoms with Crippen LogP contribution in [0.5, 0.6) is 0 Å². The van der Waals surface area contributed by atoms with E-state index in [1.807, 2.05) is 18.5 Å². The van der Waals surface area contributed by atoms with Gasteiger partial charge in [0.05, 0.1) is 17.4 Å². The highest BCUT2D eigenvalue weighted by Crippen LogP contribution is 2.23. The van der Waals surface area contributed by atoms with Crippen LogP contribution in [-0.4, -0.2) is 34.1 Å². The maximum absolute atomic E-state index is 5.93. The lowest BCUT2D eigenvalue weighted by Crippen LogP contribution is -2.29. The SMILES string of the molecule is Cc1cc(N)cc2ncn(CCCCN3CC=C(c4ccccc4)CC3)c12. The molecule has 1 aliphatic rings. The lowest BCUT2D eigenvalue weighted by molar-refractivity contribution is 0.293. The molecule has 0 bridgehead atoms. The fraction of sp³-hybridized carbons (Fsp3) is 0.348. The van der Waals surface area contributed by atoms with Gasteiger partial charge in [0.1, 0.15) is 0 Å². The third-order valence-electron chi connectivity index (χ3n) is 5.49. The third-order valence-corrected chi connectivity index (χ3v) is 5.49. The third kappa shape index (κ3) is 4.06. The summed E-state index contributed by atoms with van der Waals surface area (Å²) >= 11 is 0. The number of rotatable bonds is 6. The minimum atomic E-state index is 0.790. The van der Waals surface area contributed by atoms with Gasteiger partial charge in [-0.3, -0.25) is 4.90 Å². The fourth-order valence-electron chi connectivity index (χ4n) is 4.07. The van der Waals surface area contributed by atoms with Gasteiger partial charge in [0.15, 0.2) is 0 Å². The first kappa shape index (κ1) is 17.8. The molecule has 2 N–H and O–H groups in total. The number of aromatic nitrogens is 2. The van der Waals surface area contributed by atoms with Crippen molar-refractivity contribution in [1.29, 1.82) is 0 Å². The molecule has 140 valence electrons. The van der Waals surface area contributed by atoms with E-state index in [9.17, 15) is 0 Å². The highest BCUT2D eigenvalue weighted by molar-refractivity contribution is 5.82. The Morgan fingerprint density at radius 1 is 1.07 bits per heavy atom. The van der Waals surface area contributed by atoms with Crippen molar-refractivity contribution in [3.8, 4) is 0 Å². The van der Waals surface area contributed by atoms with Crippen molar-refractivity contribution < 1.29 is 0 Å². The summed E-state index contributed by atoms with van der Waals surface area (Å²) in [5, 5.41) is 0. The molecule has 0 atom stereocenters. The summed E-state index contributed by atoms with van der Waals surface area (Å²) in [7, 11) is 0. The number of aryl methyl sites for hydroxylation is 2. The number of imidazole rings is 1. The molecule has 0 amide bonds. The highest BCUT2D eigenvalue weighted by atomic mass is 15.1. The molecule has 2 heterocycles. The number of hydrogen-bond acceptors (Lipinski definition) is 3. The number of nitrogens with zero attached hydrogens (tertiary/aromatic N) is 3. The Kier molecular flexibility index (Phi) is 5.26. The van der Waals surface area contributed by atoms with Gasteiger partial charge in [-0.2, -0.15) is 0 Å². The molecule has 0 aliphatic carbocycles. The summed E-state index contributed by atoms with van der Waals surface area (Å²) in [5.41, 5.74) is 13.0. The Balaban J connectivity index is 1.27. The first-order chi connectivity index (χ1) is 13.2. The van der Waals surface area contributed by atoms with Crippen LogP contribution in [0.3, 0.4) is 0 Å². The van der Waals surface area contributed by atoms with E-state index in [1.54, 1.807) is 0 Å². The van der Waals surface area contributed by atoms with E-state index in [-0.39, 0.29) is 0 Å². The largest absolute Gasteiger partial charge is 0.399 e. The predicted octanol–water partition coefficient (Wildman–Crippen LogP) is 4.50. The van der Waals surface area contributed by atoms with Crippen molar-refractivity contribution >= 4 is 22.3 Å². The molecule has 0 saturated heterocycles. The molecular weight excluding hydrogens is 332 g/mol. The zero-order valence-corrected chi connectivity index (χ0v) is 16.1. The van der Waals surface area contributed by atoms with E-state index in [0.717, 1.165) is 43.8 Å². The van der Waals surface area contributed by atoms with Crippen LogP contribution in [0.25, 0.3) is 16.6 Å². The molecular formula is C23H28N4. The van der Waals surface area contributed by atoms with Crippen LogP contribution >= 0.6 is 0 Å². The second kappa shape index (κ2) is 7.97. The fourth-order valence-corrected chi connectivity index (χ4v) is 4.07. The normalized spacial score (nSPS) is 15.2. The quantitative estimate of drug-likeness (QED) is 0.520. The average molecular weight is 361 g/mol. The zero-order valence-electron chi connectivity index (χ0n) is 16.1. The minimum Gasteiger partial charge on any atom is -0.399 e. The van der Waals surface area contributed by atoms with Crippen molar-refractivity contribution in [2.24, 2.45) is 0 Å². The van der Waals surface area contributed by atoms with Gasteiger partial charge in [0.2, 0.25) is 0 Å². The van der Waals surface area contributed by atoms with E-state index >= 15 is 0 Å². The highest BCUT2D eigenvalue weighted by Gasteiger charge is 2.12. The molecule has 1 aliphatic heterocycles. The number of unbranched alkanes of at least 4 members (excludes halogenated alkanes) is 1. The second-order valence-electron chi connectivity index (χ2n) is 7.50. The van der Waals surface area contributed by atoms with E-state index < -0.39 is 0 Å². The summed E-state index contributed by atoms with van der Waals surface area (Å²) in [6.45, 7) is 6.52. The van der Waals surface area contributed by atoms with Crippen LogP contribution in [0.4, 0.5) is 5.69 Å². The monoisotopic (exact) mass is 360 g/mol. The maximum atomic E-state index is 5.93. The van der Waals surface area contributed by atoms with Gasteiger partial charge in [-0.15, -0.1) is 0 Å². The number of benzene rings is 2. The van der Waals surface area contributed by atoms with E-state index in [0.29, 0.717) is 0 Å². The van der Waals surface area contributed by atoms with Gasteiger partial charge in [0, 0.05) is 25.3 Å². The van der Waals surface area contributed by atoms with Gasteiger partial charge in [-0.25, -0.2) is 4.98 Å². The van der Waals surface area contributed by atoms with Crippen molar-refractivity contribution in [3.63, 3.8) is 0 Å². The summed E-state index contributed by atoms with van der Waals surface area (Å²) < 4.78 is 2.27. The standard InChI is InChI=1S/C23H28N4/c1-18-15-21(24)16-22-23(18)27(17-25-22)12-6-5-11-26-13-9-20(10-14-26)19-7-3-2-4-8-19/h2-4,7-9,15-17H,5-6,10-14,24H2,1H3. The van der Waals surface area contributed by atoms with Gasteiger partial charge < -0.3 is 10.3 Å². The van der Waals surface area contributed by atoms with Gasteiger partial charge in [-0.1, -0.05) is 36.4 Å². The van der Waals surface area contributed by atoms with Crippen LogP contribution < -0.4 is 5.73 Å². The number of nitrogen functional groups attached to an aromatic ring is 1. The molecule has 4 rings (SSSR count). The summed E-state index contributed by atoms with van der Waals surface area (Å²) in [6.07, 6.45) is 7.88. The number of hydrogen-bond donors (Lipinski definition) is 1. The van der Waals surface area contributed by atoms with Crippen molar-refractivity contribution in [2.75, 3.05) is 25.4 Å². The molecule has 0 spiro atoms. The van der Waals surface area contributed by atoms with Crippen molar-refractivity contribution in [2.45, 2.75) is 32.7 Å². The topological polar surface area (TPSA) is 47.1 Å². The predicted molar refractivity (Wildman–Crippen MR) is 114 cm³/mol. The van der Waals surface area contributed by atoms with Crippen LogP contribution in [0.1, 0.15) is 30.4 Å². The molecule has 4 heteroatoms. The molecule has 1 aromatic heterocycles. The van der Waals surface area contributed by atoms with Crippen LogP contribution in [0.2, 0.25) is 0 Å². The molecule has 0 unspecified atom stereocenters. The molecule has 2 aromatic carbocycles. The number of fused-ring (bicyclic) bond motifs is 1. The van der Waals surface area contributed by atoms with Crippen LogP contribution in [0.15, 0.2) is 54.9 Å². The Morgan fingerprint density at radius 2 is 1.89 bits per heavy atom. The Labute approximate surface area is 161 Å². The maximum Gasteiger partial charge on any atom is 0.0958 e. The minimum absolute atomic E-state index is 0.790. The Bertz CT molecular complexity index is 940. The first-order valence-electron chi connectivity index (χ1n) is 9.88. The average Bonchev–Trinajstić information content (AvgIpc) is 3.09. The lowest BCUT2D eigenvalue weighted by Gasteiger charge is -2.26. The van der Waals surface area contributed by atoms with Crippen molar-refractivity contribution in [1.82, 2.24) is 14.5 Å². The molecule has 4 nitrogen and oxygen atoms in total. The van der Waals surface area contributed by atoms with Gasteiger partial charge in [-0.05, 0) is 61.6 Å².